The fraction of sp³-hybridized carbons (Fsp3) is 0.571. The van der Waals surface area contributed by atoms with Gasteiger partial charge in [-0.3, -0.25) is 11.3 Å². The van der Waals surface area contributed by atoms with Gasteiger partial charge in [0.1, 0.15) is 0 Å². The Bertz CT molecular complexity index is 372. The van der Waals surface area contributed by atoms with Gasteiger partial charge in [-0.25, -0.2) is 0 Å². The third-order valence-corrected chi connectivity index (χ3v) is 3.75. The van der Waals surface area contributed by atoms with Crippen molar-refractivity contribution in [1.29, 1.82) is 0 Å². The summed E-state index contributed by atoms with van der Waals surface area (Å²) in [6.07, 6.45) is 3.69. The minimum absolute atomic E-state index is 0.107. The predicted octanol–water partition coefficient (Wildman–Crippen LogP) is 2.38. The molecule has 0 amide bonds. The van der Waals surface area contributed by atoms with E-state index < -0.39 is 0 Å². The van der Waals surface area contributed by atoms with Gasteiger partial charge in [-0.2, -0.15) is 0 Å². The van der Waals surface area contributed by atoms with Crippen LogP contribution in [0.3, 0.4) is 0 Å². The second kappa shape index (κ2) is 5.63. The Labute approximate surface area is 103 Å². The zero-order chi connectivity index (χ0) is 12.3. The molecule has 1 aliphatic rings. The van der Waals surface area contributed by atoms with Crippen LogP contribution in [0.25, 0.3) is 0 Å². The van der Waals surface area contributed by atoms with E-state index in [9.17, 15) is 0 Å². The van der Waals surface area contributed by atoms with Crippen molar-refractivity contribution in [2.75, 3.05) is 6.61 Å². The highest BCUT2D eigenvalue weighted by molar-refractivity contribution is 5.35. The van der Waals surface area contributed by atoms with E-state index in [0.29, 0.717) is 0 Å². The fourth-order valence-electron chi connectivity index (χ4n) is 2.54. The summed E-state index contributed by atoms with van der Waals surface area (Å²) in [6, 6.07) is 6.47. The van der Waals surface area contributed by atoms with Gasteiger partial charge in [0.15, 0.2) is 0 Å². The van der Waals surface area contributed by atoms with Gasteiger partial charge >= 0.3 is 0 Å². The molecule has 1 saturated heterocycles. The van der Waals surface area contributed by atoms with Crippen LogP contribution >= 0.6 is 0 Å². The molecule has 0 aromatic heterocycles. The number of hydrogen-bond donors (Lipinski definition) is 2. The van der Waals surface area contributed by atoms with E-state index in [1.807, 2.05) is 0 Å². The van der Waals surface area contributed by atoms with E-state index in [4.69, 9.17) is 10.6 Å². The molecule has 1 fully saturated rings. The van der Waals surface area contributed by atoms with Crippen molar-refractivity contribution in [2.45, 2.75) is 45.3 Å². The van der Waals surface area contributed by atoms with Crippen LogP contribution in [0.4, 0.5) is 0 Å². The van der Waals surface area contributed by atoms with Gasteiger partial charge in [0, 0.05) is 6.61 Å². The standard InChI is InChI=1S/C14H22N2O/c1-10-6-5-7-12(11(10)2)14(16-15)13-8-3-4-9-17-13/h5-7,13-14,16H,3-4,8-9,15H2,1-2H3. The number of hydrazine groups is 1. The summed E-state index contributed by atoms with van der Waals surface area (Å²) in [5.41, 5.74) is 6.81. The number of aryl methyl sites for hydroxylation is 1. The Balaban J connectivity index is 2.24. The van der Waals surface area contributed by atoms with E-state index in [-0.39, 0.29) is 12.1 Å². The largest absolute Gasteiger partial charge is 0.376 e. The van der Waals surface area contributed by atoms with Gasteiger partial charge in [-0.05, 0) is 49.8 Å². The van der Waals surface area contributed by atoms with E-state index >= 15 is 0 Å². The lowest BCUT2D eigenvalue weighted by Crippen LogP contribution is -2.40. The average Bonchev–Trinajstić information content (AvgIpc) is 2.37. The van der Waals surface area contributed by atoms with Crippen LogP contribution in [0.2, 0.25) is 0 Å². The van der Waals surface area contributed by atoms with Crippen LogP contribution < -0.4 is 11.3 Å². The highest BCUT2D eigenvalue weighted by Gasteiger charge is 2.26. The van der Waals surface area contributed by atoms with E-state index in [1.165, 1.54) is 29.5 Å². The summed E-state index contributed by atoms with van der Waals surface area (Å²) in [5.74, 6) is 5.72. The minimum atomic E-state index is 0.107. The van der Waals surface area contributed by atoms with E-state index in [0.717, 1.165) is 13.0 Å². The van der Waals surface area contributed by atoms with Crippen molar-refractivity contribution >= 4 is 0 Å². The van der Waals surface area contributed by atoms with Gasteiger partial charge in [0.2, 0.25) is 0 Å². The van der Waals surface area contributed by atoms with Crippen LogP contribution in [0.1, 0.15) is 42.0 Å². The molecule has 2 unspecified atom stereocenters. The maximum absolute atomic E-state index is 5.84. The highest BCUT2D eigenvalue weighted by atomic mass is 16.5. The molecule has 0 spiro atoms. The van der Waals surface area contributed by atoms with Crippen molar-refractivity contribution < 1.29 is 4.74 Å². The summed E-state index contributed by atoms with van der Waals surface area (Å²) in [6.45, 7) is 5.14. The molecule has 0 aliphatic carbocycles. The molecule has 1 heterocycles. The third-order valence-electron chi connectivity index (χ3n) is 3.75. The topological polar surface area (TPSA) is 47.3 Å². The molecule has 94 valence electrons. The number of rotatable bonds is 3. The molecule has 3 nitrogen and oxygen atoms in total. The monoisotopic (exact) mass is 234 g/mol. The minimum Gasteiger partial charge on any atom is -0.376 e. The highest BCUT2D eigenvalue weighted by Crippen LogP contribution is 2.28. The van der Waals surface area contributed by atoms with Crippen molar-refractivity contribution in [3.63, 3.8) is 0 Å². The van der Waals surface area contributed by atoms with Crippen LogP contribution in [0, 0.1) is 13.8 Å². The fourth-order valence-corrected chi connectivity index (χ4v) is 2.54. The Morgan fingerprint density at radius 3 is 2.82 bits per heavy atom. The first-order valence-electron chi connectivity index (χ1n) is 6.38. The molecule has 2 atom stereocenters. The second-order valence-corrected chi connectivity index (χ2v) is 4.84. The molecule has 1 aromatic carbocycles. The average molecular weight is 234 g/mol. The number of nitrogens with one attached hydrogen (secondary N) is 1. The van der Waals surface area contributed by atoms with Crippen LogP contribution in [-0.2, 0) is 4.74 Å². The number of nitrogens with two attached hydrogens (primary N) is 1. The van der Waals surface area contributed by atoms with Crippen molar-refractivity contribution in [3.05, 3.63) is 34.9 Å². The maximum Gasteiger partial charge on any atom is 0.0782 e. The van der Waals surface area contributed by atoms with Crippen molar-refractivity contribution in [1.82, 2.24) is 5.43 Å². The molecule has 17 heavy (non-hydrogen) atoms. The van der Waals surface area contributed by atoms with Crippen LogP contribution in [0.5, 0.6) is 0 Å². The molecule has 3 heteroatoms. The lowest BCUT2D eigenvalue weighted by Gasteiger charge is -2.31. The Morgan fingerprint density at radius 1 is 1.35 bits per heavy atom. The molecule has 1 aliphatic heterocycles. The molecule has 0 bridgehead atoms. The van der Waals surface area contributed by atoms with Gasteiger partial charge in [0.25, 0.3) is 0 Å². The summed E-state index contributed by atoms with van der Waals surface area (Å²) < 4.78 is 5.84. The Kier molecular flexibility index (Phi) is 4.15. The number of ether oxygens (including phenoxy) is 1. The third kappa shape index (κ3) is 2.68. The van der Waals surface area contributed by atoms with Gasteiger partial charge in [0.05, 0.1) is 12.1 Å². The second-order valence-electron chi connectivity index (χ2n) is 4.84. The zero-order valence-corrected chi connectivity index (χ0v) is 10.7. The molecule has 1 aromatic rings. The summed E-state index contributed by atoms with van der Waals surface area (Å²) in [4.78, 5) is 0. The quantitative estimate of drug-likeness (QED) is 0.623. The molecule has 0 saturated carbocycles. The molecular weight excluding hydrogens is 212 g/mol. The first-order valence-corrected chi connectivity index (χ1v) is 6.38. The first-order chi connectivity index (χ1) is 8.24. The molecule has 3 N–H and O–H groups in total. The number of hydrogen-bond acceptors (Lipinski definition) is 3. The number of benzene rings is 1. The molecule has 0 radical (unpaired) electrons. The summed E-state index contributed by atoms with van der Waals surface area (Å²) in [7, 11) is 0. The van der Waals surface area contributed by atoms with Gasteiger partial charge in [-0.15, -0.1) is 0 Å². The van der Waals surface area contributed by atoms with E-state index in [2.05, 4.69) is 37.5 Å². The van der Waals surface area contributed by atoms with Gasteiger partial charge < -0.3 is 4.74 Å². The zero-order valence-electron chi connectivity index (χ0n) is 10.7. The van der Waals surface area contributed by atoms with Crippen molar-refractivity contribution in [2.24, 2.45) is 5.84 Å². The first kappa shape index (κ1) is 12.6. The predicted molar refractivity (Wildman–Crippen MR) is 69.6 cm³/mol. The lowest BCUT2D eigenvalue weighted by molar-refractivity contribution is -0.00835. The van der Waals surface area contributed by atoms with Gasteiger partial charge in [-0.1, -0.05) is 18.2 Å². The Hall–Kier alpha value is -0.900. The van der Waals surface area contributed by atoms with Crippen LogP contribution in [-0.4, -0.2) is 12.7 Å². The SMILES string of the molecule is Cc1cccc(C(NN)C2CCCCO2)c1C. The normalized spacial score (nSPS) is 22.4. The maximum atomic E-state index is 5.84. The molecular formula is C14H22N2O. The molecule has 2 rings (SSSR count). The van der Waals surface area contributed by atoms with Crippen molar-refractivity contribution in [3.8, 4) is 0 Å². The van der Waals surface area contributed by atoms with Crippen LogP contribution in [0.15, 0.2) is 18.2 Å². The lowest BCUT2D eigenvalue weighted by atomic mass is 9.91. The summed E-state index contributed by atoms with van der Waals surface area (Å²) >= 11 is 0. The smallest absolute Gasteiger partial charge is 0.0782 e. The van der Waals surface area contributed by atoms with E-state index in [1.54, 1.807) is 0 Å². The Morgan fingerprint density at radius 2 is 2.18 bits per heavy atom. The summed E-state index contributed by atoms with van der Waals surface area (Å²) in [5, 5.41) is 0.